The summed E-state index contributed by atoms with van der Waals surface area (Å²) in [5, 5.41) is 6.74. The Morgan fingerprint density at radius 2 is 1.84 bits per heavy atom. The largest absolute Gasteiger partial charge is 0.466 e. The minimum absolute atomic E-state index is 0.0430. The highest BCUT2D eigenvalue weighted by Crippen LogP contribution is 2.36. The minimum Gasteiger partial charge on any atom is -0.466 e. The Morgan fingerprint density at radius 1 is 1.09 bits per heavy atom. The van der Waals surface area contributed by atoms with Gasteiger partial charge in [0, 0.05) is 61.6 Å². The van der Waals surface area contributed by atoms with Gasteiger partial charge < -0.3 is 29.7 Å². The maximum Gasteiger partial charge on any atom is 0.422 e. The van der Waals surface area contributed by atoms with Crippen molar-refractivity contribution < 1.29 is 22.7 Å². The van der Waals surface area contributed by atoms with Gasteiger partial charge in [0.15, 0.2) is 12.4 Å². The molecule has 43 heavy (non-hydrogen) atoms. The van der Waals surface area contributed by atoms with Crippen LogP contribution in [0.2, 0.25) is 0 Å². The molecule has 0 saturated carbocycles. The van der Waals surface area contributed by atoms with Crippen molar-refractivity contribution >= 4 is 40.0 Å². The van der Waals surface area contributed by atoms with Gasteiger partial charge in [-0.2, -0.15) is 18.2 Å². The molecule has 3 aromatic heterocycles. The van der Waals surface area contributed by atoms with Gasteiger partial charge in [-0.05, 0) is 38.7 Å². The molecule has 228 valence electrons. The monoisotopic (exact) mass is 596 g/mol. The second-order valence-electron chi connectivity index (χ2n) is 10.3. The van der Waals surface area contributed by atoms with Crippen LogP contribution in [0.1, 0.15) is 13.3 Å². The molecule has 0 atom stereocenters. The van der Waals surface area contributed by atoms with Crippen LogP contribution in [0.3, 0.4) is 0 Å². The first-order valence-electron chi connectivity index (χ1n) is 13.6. The zero-order valence-electron chi connectivity index (χ0n) is 24.8. The Kier molecular flexibility index (Phi) is 9.54. The maximum absolute atomic E-state index is 13.2. The van der Waals surface area contributed by atoms with Crippen LogP contribution in [-0.2, 0) is 11.8 Å². The molecule has 2 N–H and O–H groups in total. The summed E-state index contributed by atoms with van der Waals surface area (Å²) >= 11 is 0. The van der Waals surface area contributed by atoms with Gasteiger partial charge in [0.05, 0.1) is 11.4 Å². The third-order valence-corrected chi connectivity index (χ3v) is 6.66. The number of hydrogen-bond donors (Lipinski definition) is 2. The number of carbonyl (C=O) groups excluding carboxylic acids is 1. The fraction of sp³-hybridized carbons (Fsp3) is 0.333. The molecule has 0 saturated heterocycles. The molecule has 0 bridgehead atoms. The molecular weight excluding hydrogens is 561 g/mol. The Morgan fingerprint density at radius 3 is 2.53 bits per heavy atom. The third kappa shape index (κ3) is 7.80. The summed E-state index contributed by atoms with van der Waals surface area (Å²) in [7, 11) is 7.45. The zero-order chi connectivity index (χ0) is 31.3. The summed E-state index contributed by atoms with van der Waals surface area (Å²) in [6.45, 7) is 5.12. The van der Waals surface area contributed by atoms with Crippen molar-refractivity contribution in [1.82, 2.24) is 24.4 Å². The lowest BCUT2D eigenvalue weighted by Gasteiger charge is -2.25. The molecule has 1 aromatic carbocycles. The van der Waals surface area contributed by atoms with Crippen LogP contribution in [0.15, 0.2) is 60.9 Å². The van der Waals surface area contributed by atoms with E-state index in [1.165, 1.54) is 6.07 Å². The number of aryl methyl sites for hydroxylation is 1. The average Bonchev–Trinajstić information content (AvgIpc) is 3.31. The SMILES string of the molecule is C=C(CC)C(=O)Nc1cc(Nc2nccc(-c3cn(C)c4ccccc34)n2)c(OCC(F)(F)F)nc1N(C)CCN(C)C. The molecule has 0 aliphatic carbocycles. The van der Waals surface area contributed by atoms with Gasteiger partial charge in [-0.3, -0.25) is 4.79 Å². The first-order valence-corrected chi connectivity index (χ1v) is 13.6. The van der Waals surface area contributed by atoms with Gasteiger partial charge in [0.2, 0.25) is 11.8 Å². The van der Waals surface area contributed by atoms with E-state index in [4.69, 9.17) is 4.74 Å². The van der Waals surface area contributed by atoms with Gasteiger partial charge in [0.25, 0.3) is 5.91 Å². The zero-order valence-corrected chi connectivity index (χ0v) is 24.8. The molecular formula is C30H35F3N8O2. The molecule has 4 aromatic rings. The molecule has 1 amide bonds. The van der Waals surface area contributed by atoms with E-state index in [0.717, 1.165) is 16.5 Å². The molecule has 0 aliphatic heterocycles. The van der Waals surface area contributed by atoms with E-state index in [9.17, 15) is 18.0 Å². The van der Waals surface area contributed by atoms with Crippen LogP contribution in [-0.4, -0.2) is 77.3 Å². The second-order valence-corrected chi connectivity index (χ2v) is 10.3. The van der Waals surface area contributed by atoms with Crippen LogP contribution in [0.25, 0.3) is 22.2 Å². The number of halogens is 3. The lowest BCUT2D eigenvalue weighted by Crippen LogP contribution is -2.30. The van der Waals surface area contributed by atoms with E-state index < -0.39 is 18.7 Å². The molecule has 3 heterocycles. The smallest absolute Gasteiger partial charge is 0.422 e. The van der Waals surface area contributed by atoms with Crippen molar-refractivity contribution in [2.45, 2.75) is 19.5 Å². The topological polar surface area (TPSA) is 100 Å². The number of amides is 1. The molecule has 0 radical (unpaired) electrons. The van der Waals surface area contributed by atoms with Crippen LogP contribution in [0.4, 0.5) is 36.3 Å². The van der Waals surface area contributed by atoms with Gasteiger partial charge in [-0.15, -0.1) is 0 Å². The predicted molar refractivity (Wildman–Crippen MR) is 163 cm³/mol. The number of anilines is 4. The highest BCUT2D eigenvalue weighted by atomic mass is 19.4. The number of nitrogens with zero attached hydrogens (tertiary/aromatic N) is 6. The second kappa shape index (κ2) is 13.1. The summed E-state index contributed by atoms with van der Waals surface area (Å²) in [6, 6.07) is 11.1. The number of likely N-dealkylation sites (N-methyl/N-ethyl adjacent to an activating group) is 2. The summed E-state index contributed by atoms with van der Waals surface area (Å²) in [4.78, 5) is 29.8. The average molecular weight is 597 g/mol. The van der Waals surface area contributed by atoms with E-state index in [2.05, 4.69) is 32.2 Å². The van der Waals surface area contributed by atoms with Gasteiger partial charge in [-0.25, -0.2) is 9.97 Å². The molecule has 0 aliphatic rings. The number of hydrogen-bond acceptors (Lipinski definition) is 8. The van der Waals surface area contributed by atoms with Crippen molar-refractivity contribution in [3.05, 3.63) is 60.9 Å². The molecule has 0 unspecified atom stereocenters. The lowest BCUT2D eigenvalue weighted by atomic mass is 10.1. The number of para-hydroxylation sites is 1. The van der Waals surface area contributed by atoms with Crippen LogP contribution in [0, 0.1) is 0 Å². The third-order valence-electron chi connectivity index (χ3n) is 6.66. The Balaban J connectivity index is 1.78. The summed E-state index contributed by atoms with van der Waals surface area (Å²) < 4.78 is 46.9. The number of fused-ring (bicyclic) bond motifs is 1. The summed E-state index contributed by atoms with van der Waals surface area (Å²) in [5.74, 6) is -0.425. The van der Waals surface area contributed by atoms with E-state index in [1.54, 1.807) is 31.1 Å². The fourth-order valence-electron chi connectivity index (χ4n) is 4.28. The van der Waals surface area contributed by atoms with Crippen LogP contribution >= 0.6 is 0 Å². The number of carbonyl (C=O) groups is 1. The highest BCUT2D eigenvalue weighted by Gasteiger charge is 2.30. The number of ether oxygens (including phenoxy) is 1. The number of alkyl halides is 3. The fourth-order valence-corrected chi connectivity index (χ4v) is 4.28. The highest BCUT2D eigenvalue weighted by molar-refractivity contribution is 6.05. The number of nitrogens with one attached hydrogen (secondary N) is 2. The summed E-state index contributed by atoms with van der Waals surface area (Å²) in [6.07, 6.45) is -0.694. The lowest BCUT2D eigenvalue weighted by molar-refractivity contribution is -0.153. The van der Waals surface area contributed by atoms with E-state index in [1.807, 2.05) is 61.1 Å². The number of rotatable bonds is 12. The van der Waals surface area contributed by atoms with E-state index >= 15 is 0 Å². The molecule has 4 rings (SSSR count). The molecule has 13 heteroatoms. The maximum atomic E-state index is 13.2. The molecule has 0 fully saturated rings. The van der Waals surface area contributed by atoms with E-state index in [-0.39, 0.29) is 29.0 Å². The number of pyridine rings is 1. The van der Waals surface area contributed by atoms with E-state index in [0.29, 0.717) is 30.8 Å². The standard InChI is InChI=1S/C30H35F3N8O2/c1-7-19(2)27(42)35-23-16-24(28(43-18-30(31,32)33)38-26(23)40(5)15-14-39(3)4)37-29-34-13-12-22(36-29)21-17-41(6)25-11-9-8-10-20(21)25/h8-13,16-17H,2,7,14-15,18H2,1,3-6H3,(H,35,42)(H,34,36,37). The quantitative estimate of drug-likeness (QED) is 0.204. The van der Waals surface area contributed by atoms with Crippen molar-refractivity contribution in [2.75, 3.05) is 56.4 Å². The van der Waals surface area contributed by atoms with Crippen molar-refractivity contribution in [3.8, 4) is 17.1 Å². The van der Waals surface area contributed by atoms with Gasteiger partial charge in [0.1, 0.15) is 5.69 Å². The number of aromatic nitrogens is 4. The first kappa shape index (κ1) is 31.3. The van der Waals surface area contributed by atoms with Crippen LogP contribution in [0.5, 0.6) is 5.88 Å². The normalized spacial score (nSPS) is 11.6. The van der Waals surface area contributed by atoms with Gasteiger partial charge in [-0.1, -0.05) is 31.7 Å². The Bertz CT molecular complexity index is 1620. The Hall–Kier alpha value is -4.65. The van der Waals surface area contributed by atoms with Crippen LogP contribution < -0.4 is 20.3 Å². The summed E-state index contributed by atoms with van der Waals surface area (Å²) in [5.41, 5.74) is 3.11. The van der Waals surface area contributed by atoms with Crippen molar-refractivity contribution in [2.24, 2.45) is 7.05 Å². The van der Waals surface area contributed by atoms with Gasteiger partial charge >= 0.3 is 6.18 Å². The van der Waals surface area contributed by atoms with Crippen molar-refractivity contribution in [1.29, 1.82) is 0 Å². The number of benzene rings is 1. The first-order chi connectivity index (χ1) is 20.4. The predicted octanol–water partition coefficient (Wildman–Crippen LogP) is 5.62. The molecule has 10 nitrogen and oxygen atoms in total. The van der Waals surface area contributed by atoms with Crippen molar-refractivity contribution in [3.63, 3.8) is 0 Å². The minimum atomic E-state index is -4.60. The molecule has 0 spiro atoms. The Labute approximate surface area is 248 Å².